The van der Waals surface area contributed by atoms with Crippen molar-refractivity contribution in [2.75, 3.05) is 6.54 Å². The number of rotatable bonds is 6. The van der Waals surface area contributed by atoms with E-state index in [-0.39, 0.29) is 17.9 Å². The van der Waals surface area contributed by atoms with Crippen molar-refractivity contribution >= 4 is 21.6 Å². The van der Waals surface area contributed by atoms with Crippen LogP contribution in [0.15, 0.2) is 52.2 Å². The molecule has 0 aliphatic carbocycles. The Morgan fingerprint density at radius 3 is 2.55 bits per heavy atom. The number of halogens is 1. The first-order valence-corrected chi connectivity index (χ1v) is 7.80. The molecule has 0 amide bonds. The van der Waals surface area contributed by atoms with Crippen LogP contribution in [0.1, 0.15) is 18.1 Å². The predicted molar refractivity (Wildman–Crippen MR) is 74.9 cm³/mol. The molecule has 0 bridgehead atoms. The third-order valence-corrected chi connectivity index (χ3v) is 4.49. The van der Waals surface area contributed by atoms with Crippen LogP contribution >= 0.6 is 11.6 Å². The van der Waals surface area contributed by atoms with Gasteiger partial charge < -0.3 is 9.52 Å². The van der Waals surface area contributed by atoms with E-state index in [9.17, 15) is 13.5 Å². The summed E-state index contributed by atoms with van der Waals surface area (Å²) in [4.78, 5) is 0.139. The van der Waals surface area contributed by atoms with E-state index in [1.165, 1.54) is 36.8 Å². The molecule has 1 unspecified atom stereocenters. The summed E-state index contributed by atoms with van der Waals surface area (Å²) in [5.41, 5.74) is 0.621. The molecule has 7 heteroatoms. The van der Waals surface area contributed by atoms with E-state index in [1.54, 1.807) is 6.07 Å². The summed E-state index contributed by atoms with van der Waals surface area (Å²) in [6.45, 7) is 0.122. The molecule has 2 N–H and O–H groups in total. The summed E-state index contributed by atoms with van der Waals surface area (Å²) < 4.78 is 31.2. The molecule has 0 radical (unpaired) electrons. The molecule has 0 spiro atoms. The minimum Gasteiger partial charge on any atom is -0.472 e. The first-order chi connectivity index (χ1) is 9.49. The quantitative estimate of drug-likeness (QED) is 0.857. The highest BCUT2D eigenvalue weighted by Gasteiger charge is 2.15. The molecule has 1 heterocycles. The fourth-order valence-corrected chi connectivity index (χ4v) is 2.83. The van der Waals surface area contributed by atoms with E-state index in [0.717, 1.165) is 0 Å². The van der Waals surface area contributed by atoms with Gasteiger partial charge in [-0.1, -0.05) is 11.6 Å². The Morgan fingerprint density at radius 2 is 1.95 bits per heavy atom. The molecule has 1 aromatic carbocycles. The lowest BCUT2D eigenvalue weighted by Gasteiger charge is -2.10. The van der Waals surface area contributed by atoms with Crippen molar-refractivity contribution in [3.05, 3.63) is 53.4 Å². The zero-order valence-corrected chi connectivity index (χ0v) is 12.1. The third-order valence-electron chi connectivity index (χ3n) is 2.76. The van der Waals surface area contributed by atoms with Gasteiger partial charge in [0.1, 0.15) is 0 Å². The van der Waals surface area contributed by atoms with E-state index in [2.05, 4.69) is 4.72 Å². The Bertz CT molecular complexity index is 638. The summed E-state index contributed by atoms with van der Waals surface area (Å²) in [7, 11) is -3.58. The van der Waals surface area contributed by atoms with E-state index >= 15 is 0 Å². The fraction of sp³-hybridized carbons (Fsp3) is 0.231. The highest BCUT2D eigenvalue weighted by atomic mass is 35.5. The maximum absolute atomic E-state index is 12.0. The van der Waals surface area contributed by atoms with Gasteiger partial charge in [0.05, 0.1) is 23.5 Å². The van der Waals surface area contributed by atoms with Crippen molar-refractivity contribution in [2.45, 2.75) is 17.4 Å². The highest BCUT2D eigenvalue weighted by molar-refractivity contribution is 7.89. The molecule has 0 aliphatic rings. The van der Waals surface area contributed by atoms with Gasteiger partial charge in [0.15, 0.2) is 0 Å². The SMILES string of the molecule is O=S(=O)(NCCC(O)c1ccoc1)c1ccc(Cl)cc1. The number of hydrogen-bond acceptors (Lipinski definition) is 4. The number of sulfonamides is 1. The van der Waals surface area contributed by atoms with Crippen molar-refractivity contribution in [3.63, 3.8) is 0 Å². The lowest BCUT2D eigenvalue weighted by Crippen LogP contribution is -2.25. The first-order valence-electron chi connectivity index (χ1n) is 5.94. The number of furan rings is 1. The Morgan fingerprint density at radius 1 is 1.25 bits per heavy atom. The van der Waals surface area contributed by atoms with Crippen molar-refractivity contribution in [1.29, 1.82) is 0 Å². The lowest BCUT2D eigenvalue weighted by atomic mass is 10.1. The molecule has 0 fully saturated rings. The Balaban J connectivity index is 1.91. The molecule has 2 aromatic rings. The second kappa shape index (κ2) is 6.41. The zero-order chi connectivity index (χ0) is 14.6. The molecule has 0 saturated carbocycles. The van der Waals surface area contributed by atoms with Gasteiger partial charge in [0.25, 0.3) is 0 Å². The molecule has 108 valence electrons. The number of benzene rings is 1. The standard InChI is InChI=1S/C13H14ClNO4S/c14-11-1-3-12(4-2-11)20(17,18)15-7-5-13(16)10-6-8-19-9-10/h1-4,6,8-9,13,15-16H,5,7H2. The third kappa shape index (κ3) is 3.83. The first kappa shape index (κ1) is 15.1. The van der Waals surface area contributed by atoms with E-state index in [0.29, 0.717) is 10.6 Å². The predicted octanol–water partition coefficient (Wildman–Crippen LogP) is 2.33. The average molecular weight is 316 g/mol. The van der Waals surface area contributed by atoms with Crippen LogP contribution in [0.2, 0.25) is 5.02 Å². The molecule has 20 heavy (non-hydrogen) atoms. The van der Waals surface area contributed by atoms with Gasteiger partial charge >= 0.3 is 0 Å². The summed E-state index contributed by atoms with van der Waals surface area (Å²) in [6, 6.07) is 7.51. The Labute approximate surface area is 122 Å². The minimum absolute atomic E-state index is 0.122. The van der Waals surface area contributed by atoms with E-state index in [1.807, 2.05) is 0 Å². The molecular formula is C13H14ClNO4S. The van der Waals surface area contributed by atoms with Crippen LogP contribution in [0.5, 0.6) is 0 Å². The van der Waals surface area contributed by atoms with Gasteiger partial charge in [-0.05, 0) is 36.8 Å². The van der Waals surface area contributed by atoms with Gasteiger partial charge in [0.2, 0.25) is 10.0 Å². The van der Waals surface area contributed by atoms with Crippen LogP contribution in [0.4, 0.5) is 0 Å². The number of hydrogen-bond donors (Lipinski definition) is 2. The topological polar surface area (TPSA) is 79.5 Å². The van der Waals surface area contributed by atoms with Crippen molar-refractivity contribution in [2.24, 2.45) is 0 Å². The molecule has 0 aliphatic heterocycles. The monoisotopic (exact) mass is 315 g/mol. The van der Waals surface area contributed by atoms with Crippen LogP contribution in [0, 0.1) is 0 Å². The summed E-state index contributed by atoms with van der Waals surface area (Å²) >= 11 is 5.71. The van der Waals surface area contributed by atoms with Crippen LogP contribution in [-0.2, 0) is 10.0 Å². The minimum atomic E-state index is -3.58. The van der Waals surface area contributed by atoms with Gasteiger partial charge in [-0.2, -0.15) is 0 Å². The van der Waals surface area contributed by atoms with Crippen molar-refractivity contribution in [3.8, 4) is 0 Å². The molecule has 0 saturated heterocycles. The smallest absolute Gasteiger partial charge is 0.240 e. The molecule has 1 atom stereocenters. The Hall–Kier alpha value is -1.34. The molecule has 2 rings (SSSR count). The largest absolute Gasteiger partial charge is 0.472 e. The fourth-order valence-electron chi connectivity index (χ4n) is 1.66. The number of aliphatic hydroxyl groups excluding tert-OH is 1. The van der Waals surface area contributed by atoms with E-state index < -0.39 is 16.1 Å². The van der Waals surface area contributed by atoms with E-state index in [4.69, 9.17) is 16.0 Å². The number of nitrogens with one attached hydrogen (secondary N) is 1. The van der Waals surface area contributed by atoms with Crippen molar-refractivity contribution in [1.82, 2.24) is 4.72 Å². The lowest BCUT2D eigenvalue weighted by molar-refractivity contribution is 0.168. The normalized spacial score (nSPS) is 13.3. The Kier molecular flexibility index (Phi) is 4.82. The van der Waals surface area contributed by atoms with Gasteiger partial charge in [-0.25, -0.2) is 13.1 Å². The zero-order valence-electron chi connectivity index (χ0n) is 10.5. The van der Waals surface area contributed by atoms with Crippen LogP contribution < -0.4 is 4.72 Å². The van der Waals surface area contributed by atoms with Gasteiger partial charge in [0, 0.05) is 17.1 Å². The summed E-state index contributed by atoms with van der Waals surface area (Å²) in [5.74, 6) is 0. The average Bonchev–Trinajstić information content (AvgIpc) is 2.93. The summed E-state index contributed by atoms with van der Waals surface area (Å²) in [6.07, 6.45) is 2.38. The van der Waals surface area contributed by atoms with Gasteiger partial charge in [-0.3, -0.25) is 0 Å². The second-order valence-corrected chi connectivity index (χ2v) is 6.42. The maximum atomic E-state index is 12.0. The van der Waals surface area contributed by atoms with Crippen LogP contribution in [-0.4, -0.2) is 20.1 Å². The molecule has 5 nitrogen and oxygen atoms in total. The number of aliphatic hydroxyl groups is 1. The highest BCUT2D eigenvalue weighted by Crippen LogP contribution is 2.17. The van der Waals surface area contributed by atoms with Gasteiger partial charge in [-0.15, -0.1) is 0 Å². The maximum Gasteiger partial charge on any atom is 0.240 e. The van der Waals surface area contributed by atoms with Crippen molar-refractivity contribution < 1.29 is 17.9 Å². The molecular weight excluding hydrogens is 302 g/mol. The van der Waals surface area contributed by atoms with Crippen LogP contribution in [0.25, 0.3) is 0 Å². The van der Waals surface area contributed by atoms with Crippen LogP contribution in [0.3, 0.4) is 0 Å². The molecule has 1 aromatic heterocycles. The second-order valence-electron chi connectivity index (χ2n) is 4.21. The summed E-state index contributed by atoms with van der Waals surface area (Å²) in [5, 5.41) is 10.3.